The summed E-state index contributed by atoms with van der Waals surface area (Å²) >= 11 is 0. The molecule has 0 saturated heterocycles. The average molecular weight is 383 g/mol. The first-order valence-corrected chi connectivity index (χ1v) is 7.24. The molecule has 0 bridgehead atoms. The molecule has 0 aromatic carbocycles. The van der Waals surface area contributed by atoms with Crippen molar-refractivity contribution in [1.29, 1.82) is 0 Å². The van der Waals surface area contributed by atoms with Gasteiger partial charge in [-0.2, -0.15) is 13.2 Å². The Morgan fingerprint density at radius 1 is 1.28 bits per heavy atom. The molecule has 0 radical (unpaired) electrons. The minimum atomic E-state index is -4.91. The molecule has 0 aliphatic heterocycles. The lowest BCUT2D eigenvalue weighted by Crippen LogP contribution is -2.37. The highest BCUT2D eigenvalue weighted by Gasteiger charge is 2.38. The normalized spacial score (nSPS) is 11.1. The van der Waals surface area contributed by atoms with Crippen molar-refractivity contribution in [1.82, 2.24) is 15.6 Å². The highest BCUT2D eigenvalue weighted by Crippen LogP contribution is 2.33. The molecule has 0 spiro atoms. The molecule has 2 aromatic rings. The van der Waals surface area contributed by atoms with Gasteiger partial charge in [0, 0.05) is 19.5 Å². The van der Waals surface area contributed by atoms with Crippen molar-refractivity contribution < 1.29 is 27.0 Å². The zero-order valence-electron chi connectivity index (χ0n) is 13.8. The summed E-state index contributed by atoms with van der Waals surface area (Å²) < 4.78 is 46.8. The molecule has 0 atom stereocenters. The van der Waals surface area contributed by atoms with E-state index in [-0.39, 0.29) is 25.4 Å². The SMILES string of the molecule is CCN(c1cnoc1C)c1c(CCNC(=O)C(F)(F)F)noc1C.Cl. The maximum atomic E-state index is 12.2. The topological polar surface area (TPSA) is 84.4 Å². The number of aromatic nitrogens is 2. The fraction of sp³-hybridized carbons (Fsp3) is 0.500. The Morgan fingerprint density at radius 2 is 1.96 bits per heavy atom. The Balaban J connectivity index is 0.00000312. The molecule has 0 saturated carbocycles. The van der Waals surface area contributed by atoms with Crippen LogP contribution in [0, 0.1) is 13.8 Å². The number of carbonyl (C=O) groups is 1. The smallest absolute Gasteiger partial charge is 0.359 e. The van der Waals surface area contributed by atoms with Gasteiger partial charge in [0.15, 0.2) is 11.5 Å². The third kappa shape index (κ3) is 4.65. The fourth-order valence-corrected chi connectivity index (χ4v) is 2.32. The van der Waals surface area contributed by atoms with Gasteiger partial charge < -0.3 is 19.3 Å². The summed E-state index contributed by atoms with van der Waals surface area (Å²) in [7, 11) is 0. The van der Waals surface area contributed by atoms with Gasteiger partial charge in [-0.3, -0.25) is 4.79 Å². The van der Waals surface area contributed by atoms with Gasteiger partial charge in [-0.25, -0.2) is 0 Å². The van der Waals surface area contributed by atoms with Crippen LogP contribution in [-0.4, -0.2) is 35.5 Å². The Labute approximate surface area is 147 Å². The Morgan fingerprint density at radius 3 is 2.48 bits per heavy atom. The van der Waals surface area contributed by atoms with E-state index in [0.29, 0.717) is 35.1 Å². The second-order valence-electron chi connectivity index (χ2n) is 5.05. The molecule has 7 nitrogen and oxygen atoms in total. The van der Waals surface area contributed by atoms with Crippen LogP contribution in [0.25, 0.3) is 0 Å². The minimum Gasteiger partial charge on any atom is -0.359 e. The van der Waals surface area contributed by atoms with Crippen LogP contribution in [0.15, 0.2) is 15.2 Å². The van der Waals surface area contributed by atoms with E-state index in [1.54, 1.807) is 20.0 Å². The first kappa shape index (κ1) is 20.8. The van der Waals surface area contributed by atoms with Crippen molar-refractivity contribution in [2.24, 2.45) is 0 Å². The predicted molar refractivity (Wildman–Crippen MR) is 85.2 cm³/mol. The number of nitrogens with zero attached hydrogens (tertiary/aromatic N) is 3. The summed E-state index contributed by atoms with van der Waals surface area (Å²) in [5.41, 5.74) is 1.78. The lowest BCUT2D eigenvalue weighted by Gasteiger charge is -2.21. The second kappa shape index (κ2) is 8.24. The minimum absolute atomic E-state index is 0. The van der Waals surface area contributed by atoms with Gasteiger partial charge in [0.2, 0.25) is 0 Å². The van der Waals surface area contributed by atoms with E-state index in [1.807, 2.05) is 17.1 Å². The van der Waals surface area contributed by atoms with Crippen molar-refractivity contribution >= 4 is 29.7 Å². The van der Waals surface area contributed by atoms with E-state index >= 15 is 0 Å². The number of anilines is 2. The van der Waals surface area contributed by atoms with Crippen LogP contribution < -0.4 is 10.2 Å². The maximum Gasteiger partial charge on any atom is 0.471 e. The Bertz CT molecular complexity index is 714. The molecule has 11 heteroatoms. The first-order valence-electron chi connectivity index (χ1n) is 7.24. The van der Waals surface area contributed by atoms with E-state index in [1.165, 1.54) is 0 Å². The quantitative estimate of drug-likeness (QED) is 0.826. The summed E-state index contributed by atoms with van der Waals surface area (Å²) in [4.78, 5) is 12.7. The van der Waals surface area contributed by atoms with E-state index < -0.39 is 12.1 Å². The highest BCUT2D eigenvalue weighted by molar-refractivity contribution is 5.85. The average Bonchev–Trinajstić information content (AvgIpc) is 3.07. The van der Waals surface area contributed by atoms with E-state index in [9.17, 15) is 18.0 Å². The summed E-state index contributed by atoms with van der Waals surface area (Å²) in [6, 6.07) is 0. The molecular weight excluding hydrogens is 365 g/mol. The maximum absolute atomic E-state index is 12.2. The van der Waals surface area contributed by atoms with Gasteiger partial charge in [0.1, 0.15) is 17.1 Å². The molecule has 0 aliphatic rings. The molecule has 25 heavy (non-hydrogen) atoms. The third-order valence-electron chi connectivity index (χ3n) is 3.41. The number of halogens is 4. The summed E-state index contributed by atoms with van der Waals surface area (Å²) in [6.45, 7) is 5.68. The Hall–Kier alpha value is -2.23. The molecule has 0 fully saturated rings. The molecular formula is C14H18ClF3N4O3. The zero-order valence-corrected chi connectivity index (χ0v) is 14.6. The number of aryl methyl sites for hydroxylation is 2. The lowest BCUT2D eigenvalue weighted by atomic mass is 10.2. The van der Waals surface area contributed by atoms with E-state index in [0.717, 1.165) is 0 Å². The van der Waals surface area contributed by atoms with Gasteiger partial charge in [0.05, 0.1) is 6.20 Å². The van der Waals surface area contributed by atoms with Crippen LogP contribution >= 0.6 is 12.4 Å². The van der Waals surface area contributed by atoms with Gasteiger partial charge in [-0.15, -0.1) is 12.4 Å². The second-order valence-corrected chi connectivity index (χ2v) is 5.05. The van der Waals surface area contributed by atoms with Gasteiger partial charge >= 0.3 is 12.1 Å². The summed E-state index contributed by atoms with van der Waals surface area (Å²) in [6.07, 6.45) is -3.27. The van der Waals surface area contributed by atoms with Crippen LogP contribution in [0.5, 0.6) is 0 Å². The monoisotopic (exact) mass is 382 g/mol. The van der Waals surface area contributed by atoms with Crippen LogP contribution in [0.1, 0.15) is 24.1 Å². The largest absolute Gasteiger partial charge is 0.471 e. The Kier molecular flexibility index (Phi) is 6.86. The summed E-state index contributed by atoms with van der Waals surface area (Å²) in [5, 5.41) is 9.42. The number of rotatable bonds is 6. The first-order chi connectivity index (χ1) is 11.3. The molecule has 2 rings (SSSR count). The highest BCUT2D eigenvalue weighted by atomic mass is 35.5. The zero-order chi connectivity index (χ0) is 17.9. The number of carbonyl (C=O) groups excluding carboxylic acids is 1. The molecule has 0 aliphatic carbocycles. The summed E-state index contributed by atoms with van der Waals surface area (Å²) in [5.74, 6) is -0.880. The predicted octanol–water partition coefficient (Wildman–Crippen LogP) is 3.08. The number of nitrogens with one attached hydrogen (secondary N) is 1. The number of hydrogen-bond donors (Lipinski definition) is 1. The van der Waals surface area contributed by atoms with Crippen molar-refractivity contribution in [3.63, 3.8) is 0 Å². The van der Waals surface area contributed by atoms with Crippen molar-refractivity contribution in [2.75, 3.05) is 18.0 Å². The van der Waals surface area contributed by atoms with Crippen LogP contribution in [0.3, 0.4) is 0 Å². The van der Waals surface area contributed by atoms with Crippen LogP contribution in [-0.2, 0) is 11.2 Å². The number of hydrogen-bond acceptors (Lipinski definition) is 6. The van der Waals surface area contributed by atoms with E-state index in [2.05, 4.69) is 10.3 Å². The molecule has 140 valence electrons. The van der Waals surface area contributed by atoms with Crippen LogP contribution in [0.4, 0.5) is 24.5 Å². The molecule has 2 aromatic heterocycles. The van der Waals surface area contributed by atoms with Crippen LogP contribution in [0.2, 0.25) is 0 Å². The molecule has 0 unspecified atom stereocenters. The molecule has 1 amide bonds. The molecule has 1 N–H and O–H groups in total. The van der Waals surface area contributed by atoms with Crippen molar-refractivity contribution in [3.8, 4) is 0 Å². The van der Waals surface area contributed by atoms with Gasteiger partial charge in [0.25, 0.3) is 0 Å². The fourth-order valence-electron chi connectivity index (χ4n) is 2.32. The molecule has 2 heterocycles. The van der Waals surface area contributed by atoms with E-state index in [4.69, 9.17) is 9.05 Å². The standard InChI is InChI=1S/C14H17F3N4O3.ClH/c1-4-21(11-7-19-23-8(11)2)12-9(3)24-20-10(12)5-6-18-13(22)14(15,16)17;/h7H,4-6H2,1-3H3,(H,18,22);1H. The van der Waals surface area contributed by atoms with Crippen molar-refractivity contribution in [3.05, 3.63) is 23.4 Å². The number of alkyl halides is 3. The number of amides is 1. The lowest BCUT2D eigenvalue weighted by molar-refractivity contribution is -0.173. The third-order valence-corrected chi connectivity index (χ3v) is 3.41. The van der Waals surface area contributed by atoms with Gasteiger partial charge in [-0.1, -0.05) is 10.3 Å². The van der Waals surface area contributed by atoms with Gasteiger partial charge in [-0.05, 0) is 20.8 Å². The van der Waals surface area contributed by atoms with Crippen molar-refractivity contribution in [2.45, 2.75) is 33.4 Å².